The summed E-state index contributed by atoms with van der Waals surface area (Å²) in [6.07, 6.45) is 3.66. The van der Waals surface area contributed by atoms with Crippen LogP contribution in [0.1, 0.15) is 19.3 Å². The maximum Gasteiger partial charge on any atom is 0.299 e. The number of rotatable bonds is 0. The van der Waals surface area contributed by atoms with Gasteiger partial charge >= 0.3 is 0 Å². The Kier molecular flexibility index (Phi) is 2.10. The maximum absolute atomic E-state index is 11.4. The molecular weight excluding hydrogens is 218 g/mol. The third-order valence-corrected chi connectivity index (χ3v) is 2.87. The average Bonchev–Trinajstić information content (AvgIpc) is 2.81. The minimum atomic E-state index is -0.0147. The summed E-state index contributed by atoms with van der Waals surface area (Å²) in [5.41, 5.74) is 0. The Labute approximate surface area is 80.4 Å². The van der Waals surface area contributed by atoms with Crippen molar-refractivity contribution in [2.45, 2.75) is 25.3 Å². The van der Waals surface area contributed by atoms with E-state index in [4.69, 9.17) is 0 Å². The number of likely N-dealkylation sites (tertiary alicyclic amines) is 1. The van der Waals surface area contributed by atoms with Gasteiger partial charge in [0.25, 0.3) is 5.91 Å². The summed E-state index contributed by atoms with van der Waals surface area (Å²) >= 11 is 2.94. The maximum atomic E-state index is 11.4. The molecule has 2 rings (SSSR count). The lowest BCUT2D eigenvalue weighted by atomic mass is 10.1. The van der Waals surface area contributed by atoms with E-state index in [0.717, 1.165) is 18.9 Å². The van der Waals surface area contributed by atoms with Crippen molar-refractivity contribution in [3.05, 3.63) is 0 Å². The van der Waals surface area contributed by atoms with Crippen molar-refractivity contribution in [3.8, 4) is 10.8 Å². The van der Waals surface area contributed by atoms with Crippen molar-refractivity contribution in [2.75, 3.05) is 6.54 Å². The SMILES string of the molecule is O=C(C#CBr)N1CCCC2CC21. The van der Waals surface area contributed by atoms with E-state index in [1.807, 2.05) is 4.90 Å². The number of piperidine rings is 1. The van der Waals surface area contributed by atoms with Crippen LogP contribution in [0.15, 0.2) is 0 Å². The topological polar surface area (TPSA) is 20.3 Å². The number of carbonyl (C=O) groups is 1. The molecule has 64 valence electrons. The summed E-state index contributed by atoms with van der Waals surface area (Å²) in [6.45, 7) is 0.904. The number of hydrogen-bond acceptors (Lipinski definition) is 1. The average molecular weight is 228 g/mol. The van der Waals surface area contributed by atoms with Crippen molar-refractivity contribution in [2.24, 2.45) is 5.92 Å². The molecule has 2 atom stereocenters. The third-order valence-electron chi connectivity index (χ3n) is 2.67. The molecule has 2 fully saturated rings. The van der Waals surface area contributed by atoms with Crippen LogP contribution in [0.3, 0.4) is 0 Å². The van der Waals surface area contributed by atoms with E-state index in [0.29, 0.717) is 6.04 Å². The summed E-state index contributed by atoms with van der Waals surface area (Å²) in [5, 5.41) is 0. The second kappa shape index (κ2) is 3.10. The first kappa shape index (κ1) is 8.12. The first-order valence-corrected chi connectivity index (χ1v) is 5.04. The largest absolute Gasteiger partial charge is 0.329 e. The van der Waals surface area contributed by atoms with E-state index in [2.05, 4.69) is 26.7 Å². The van der Waals surface area contributed by atoms with E-state index in [1.54, 1.807) is 0 Å². The van der Waals surface area contributed by atoms with Crippen LogP contribution in [0.5, 0.6) is 0 Å². The van der Waals surface area contributed by atoms with Crippen LogP contribution in [-0.2, 0) is 4.79 Å². The van der Waals surface area contributed by atoms with Gasteiger partial charge in [0.05, 0.1) is 0 Å². The summed E-state index contributed by atoms with van der Waals surface area (Å²) in [5.74, 6) is 3.30. The molecule has 2 unspecified atom stereocenters. The summed E-state index contributed by atoms with van der Waals surface area (Å²) in [6, 6.07) is 0.527. The predicted octanol–water partition coefficient (Wildman–Crippen LogP) is 1.35. The van der Waals surface area contributed by atoms with Crippen LogP contribution >= 0.6 is 15.9 Å². The fourth-order valence-electron chi connectivity index (χ4n) is 1.98. The van der Waals surface area contributed by atoms with Crippen LogP contribution in [-0.4, -0.2) is 23.4 Å². The highest BCUT2D eigenvalue weighted by molar-refractivity contribution is 9.12. The monoisotopic (exact) mass is 227 g/mol. The van der Waals surface area contributed by atoms with Gasteiger partial charge in [0, 0.05) is 34.4 Å². The van der Waals surface area contributed by atoms with Gasteiger partial charge in [-0.15, -0.1) is 0 Å². The van der Waals surface area contributed by atoms with E-state index in [9.17, 15) is 4.79 Å². The summed E-state index contributed by atoms with van der Waals surface area (Å²) < 4.78 is 0. The number of amides is 1. The van der Waals surface area contributed by atoms with E-state index in [-0.39, 0.29) is 5.91 Å². The normalized spacial score (nSPS) is 31.6. The quantitative estimate of drug-likeness (QED) is 0.573. The molecule has 1 aliphatic carbocycles. The molecular formula is C9H10BrNO. The molecule has 2 nitrogen and oxygen atoms in total. The molecule has 1 heterocycles. The standard InChI is InChI=1S/C9H10BrNO/c10-4-3-9(12)11-5-1-2-7-6-8(7)11/h7-8H,1-2,5-6H2. The zero-order chi connectivity index (χ0) is 8.55. The summed E-state index contributed by atoms with van der Waals surface area (Å²) in [4.78, 5) is 15.8. The number of halogens is 1. The van der Waals surface area contributed by atoms with E-state index >= 15 is 0 Å². The molecule has 0 N–H and O–H groups in total. The summed E-state index contributed by atoms with van der Waals surface area (Å²) in [7, 11) is 0. The van der Waals surface area contributed by atoms with Gasteiger partial charge in [0.15, 0.2) is 0 Å². The highest BCUT2D eigenvalue weighted by atomic mass is 79.9. The van der Waals surface area contributed by atoms with Crippen molar-refractivity contribution in [3.63, 3.8) is 0 Å². The molecule has 0 radical (unpaired) electrons. The molecule has 1 saturated carbocycles. The molecule has 0 aromatic rings. The highest BCUT2D eigenvalue weighted by Crippen LogP contribution is 2.42. The van der Waals surface area contributed by atoms with Gasteiger partial charge in [-0.3, -0.25) is 4.79 Å². The fourth-order valence-corrected chi connectivity index (χ4v) is 2.15. The molecule has 0 spiro atoms. The zero-order valence-electron chi connectivity index (χ0n) is 6.72. The Bertz CT molecular complexity index is 265. The second-order valence-corrected chi connectivity index (χ2v) is 3.82. The molecule has 12 heavy (non-hydrogen) atoms. The number of hydrogen-bond donors (Lipinski definition) is 0. The van der Waals surface area contributed by atoms with Crippen LogP contribution < -0.4 is 0 Å². The Morgan fingerprint density at radius 3 is 3.17 bits per heavy atom. The van der Waals surface area contributed by atoms with Gasteiger partial charge in [-0.1, -0.05) is 0 Å². The Hall–Kier alpha value is -0.490. The van der Waals surface area contributed by atoms with Crippen LogP contribution in [0.4, 0.5) is 0 Å². The van der Waals surface area contributed by atoms with E-state index in [1.165, 1.54) is 12.8 Å². The number of fused-ring (bicyclic) bond motifs is 1. The molecule has 1 amide bonds. The van der Waals surface area contributed by atoms with Crippen molar-refractivity contribution >= 4 is 21.8 Å². The van der Waals surface area contributed by atoms with Crippen LogP contribution in [0.2, 0.25) is 0 Å². The van der Waals surface area contributed by atoms with Crippen LogP contribution in [0.25, 0.3) is 0 Å². The molecule has 1 aliphatic heterocycles. The smallest absolute Gasteiger partial charge is 0.299 e. The Morgan fingerprint density at radius 2 is 2.42 bits per heavy atom. The molecule has 3 heteroatoms. The molecule has 1 saturated heterocycles. The second-order valence-electron chi connectivity index (χ2n) is 3.42. The lowest BCUT2D eigenvalue weighted by Crippen LogP contribution is -2.36. The number of nitrogens with zero attached hydrogens (tertiary/aromatic N) is 1. The highest BCUT2D eigenvalue weighted by Gasteiger charge is 2.45. The van der Waals surface area contributed by atoms with Gasteiger partial charge < -0.3 is 4.90 Å². The van der Waals surface area contributed by atoms with Gasteiger partial charge in [-0.05, 0) is 30.0 Å². The van der Waals surface area contributed by atoms with Gasteiger partial charge in [-0.2, -0.15) is 0 Å². The van der Waals surface area contributed by atoms with Crippen molar-refractivity contribution in [1.29, 1.82) is 0 Å². The minimum absolute atomic E-state index is 0.0147. The predicted molar refractivity (Wildman–Crippen MR) is 49.5 cm³/mol. The molecule has 0 aromatic carbocycles. The van der Waals surface area contributed by atoms with Gasteiger partial charge in [-0.25, -0.2) is 0 Å². The molecule has 0 aromatic heterocycles. The fraction of sp³-hybridized carbons (Fsp3) is 0.667. The van der Waals surface area contributed by atoms with Gasteiger partial charge in [0.2, 0.25) is 0 Å². The third kappa shape index (κ3) is 1.36. The lowest BCUT2D eigenvalue weighted by Gasteiger charge is -2.24. The minimum Gasteiger partial charge on any atom is -0.329 e. The Morgan fingerprint density at radius 1 is 1.58 bits per heavy atom. The molecule has 2 aliphatic rings. The zero-order valence-corrected chi connectivity index (χ0v) is 8.30. The van der Waals surface area contributed by atoms with E-state index < -0.39 is 0 Å². The van der Waals surface area contributed by atoms with Crippen molar-refractivity contribution in [1.82, 2.24) is 4.90 Å². The van der Waals surface area contributed by atoms with Gasteiger partial charge in [0.1, 0.15) is 0 Å². The Balaban J connectivity index is 2.01. The lowest BCUT2D eigenvalue weighted by molar-refractivity contribution is -0.126. The first-order chi connectivity index (χ1) is 5.83. The number of carbonyl (C=O) groups excluding carboxylic acids is 1. The van der Waals surface area contributed by atoms with Crippen LogP contribution in [0, 0.1) is 16.7 Å². The molecule has 0 bridgehead atoms. The van der Waals surface area contributed by atoms with Crippen molar-refractivity contribution < 1.29 is 4.79 Å². The first-order valence-electron chi connectivity index (χ1n) is 4.25.